The van der Waals surface area contributed by atoms with E-state index in [-0.39, 0.29) is 11.8 Å². The lowest BCUT2D eigenvalue weighted by Crippen LogP contribution is -2.53. The van der Waals surface area contributed by atoms with Gasteiger partial charge < -0.3 is 10.2 Å². The Balaban J connectivity index is 1.47. The standard InChI is InChI=1S/C18H22N4O2S/c1-14(20-17(23)16-5-3-11-25-16)18(24)22-9-7-21(8-10-22)13-15-4-2-6-19-12-15/h2-6,11-12,14H,7-10,13H2,1H3,(H,20,23). The molecule has 1 aliphatic heterocycles. The van der Waals surface area contributed by atoms with E-state index in [1.807, 2.05) is 28.6 Å². The molecule has 0 aromatic carbocycles. The second kappa shape index (κ2) is 8.22. The maximum absolute atomic E-state index is 12.6. The van der Waals surface area contributed by atoms with E-state index in [1.165, 1.54) is 16.9 Å². The van der Waals surface area contributed by atoms with Gasteiger partial charge in [-0.1, -0.05) is 12.1 Å². The zero-order chi connectivity index (χ0) is 17.6. The Kier molecular flexibility index (Phi) is 5.78. The summed E-state index contributed by atoms with van der Waals surface area (Å²) < 4.78 is 0. The number of nitrogens with zero attached hydrogens (tertiary/aromatic N) is 3. The molecule has 0 spiro atoms. The van der Waals surface area contributed by atoms with Crippen LogP contribution in [0.2, 0.25) is 0 Å². The molecule has 0 radical (unpaired) electrons. The van der Waals surface area contributed by atoms with Gasteiger partial charge in [0, 0.05) is 45.1 Å². The van der Waals surface area contributed by atoms with E-state index in [0.717, 1.165) is 19.6 Å². The van der Waals surface area contributed by atoms with Gasteiger partial charge in [0.2, 0.25) is 5.91 Å². The lowest BCUT2D eigenvalue weighted by molar-refractivity contribution is -0.134. The van der Waals surface area contributed by atoms with Crippen LogP contribution in [-0.2, 0) is 11.3 Å². The Morgan fingerprint density at radius 1 is 1.24 bits per heavy atom. The number of carbonyl (C=O) groups is 2. The molecule has 0 aliphatic carbocycles. The molecule has 3 heterocycles. The van der Waals surface area contributed by atoms with Crippen molar-refractivity contribution in [3.8, 4) is 0 Å². The molecular formula is C18H22N4O2S. The first-order valence-corrected chi connectivity index (χ1v) is 9.26. The van der Waals surface area contributed by atoms with Crippen molar-refractivity contribution in [3.63, 3.8) is 0 Å². The fourth-order valence-corrected chi connectivity index (χ4v) is 3.51. The first-order valence-electron chi connectivity index (χ1n) is 8.38. The number of hydrogen-bond donors (Lipinski definition) is 1. The average molecular weight is 358 g/mol. The first kappa shape index (κ1) is 17.6. The van der Waals surface area contributed by atoms with E-state index < -0.39 is 6.04 Å². The molecule has 1 atom stereocenters. The normalized spacial score (nSPS) is 16.4. The van der Waals surface area contributed by atoms with Crippen molar-refractivity contribution in [2.75, 3.05) is 26.2 Å². The van der Waals surface area contributed by atoms with Crippen LogP contribution in [0.1, 0.15) is 22.2 Å². The van der Waals surface area contributed by atoms with Gasteiger partial charge in [0.05, 0.1) is 4.88 Å². The summed E-state index contributed by atoms with van der Waals surface area (Å²) in [4.78, 5) is 33.5. The van der Waals surface area contributed by atoms with Crippen LogP contribution in [0.4, 0.5) is 0 Å². The van der Waals surface area contributed by atoms with Crippen LogP contribution in [0, 0.1) is 0 Å². The number of pyridine rings is 1. The molecule has 132 valence electrons. The highest BCUT2D eigenvalue weighted by molar-refractivity contribution is 7.12. The molecule has 0 saturated carbocycles. The Hall–Kier alpha value is -2.25. The smallest absolute Gasteiger partial charge is 0.261 e. The highest BCUT2D eigenvalue weighted by atomic mass is 32.1. The Morgan fingerprint density at radius 2 is 2.04 bits per heavy atom. The van der Waals surface area contributed by atoms with Gasteiger partial charge in [0.25, 0.3) is 5.91 Å². The molecule has 1 unspecified atom stereocenters. The predicted octanol–water partition coefficient (Wildman–Crippen LogP) is 1.61. The van der Waals surface area contributed by atoms with Crippen LogP contribution >= 0.6 is 11.3 Å². The van der Waals surface area contributed by atoms with E-state index in [2.05, 4.69) is 21.3 Å². The molecule has 1 fully saturated rings. The topological polar surface area (TPSA) is 65.5 Å². The minimum atomic E-state index is -0.514. The van der Waals surface area contributed by atoms with Crippen LogP contribution in [0.5, 0.6) is 0 Å². The zero-order valence-electron chi connectivity index (χ0n) is 14.2. The van der Waals surface area contributed by atoms with E-state index in [1.54, 1.807) is 19.2 Å². The van der Waals surface area contributed by atoms with E-state index >= 15 is 0 Å². The van der Waals surface area contributed by atoms with Gasteiger partial charge in [-0.2, -0.15) is 0 Å². The molecule has 1 aliphatic rings. The summed E-state index contributed by atoms with van der Waals surface area (Å²) in [6.45, 7) is 5.60. The summed E-state index contributed by atoms with van der Waals surface area (Å²) in [5.41, 5.74) is 1.18. The summed E-state index contributed by atoms with van der Waals surface area (Å²) in [6, 6.07) is 7.07. The molecule has 1 saturated heterocycles. The monoisotopic (exact) mass is 358 g/mol. The molecule has 1 N–H and O–H groups in total. The quantitative estimate of drug-likeness (QED) is 0.882. The number of thiophene rings is 1. The molecule has 3 rings (SSSR count). The van der Waals surface area contributed by atoms with Crippen molar-refractivity contribution in [1.29, 1.82) is 0 Å². The molecule has 7 heteroatoms. The third-order valence-electron chi connectivity index (χ3n) is 4.28. The summed E-state index contributed by atoms with van der Waals surface area (Å²) in [5, 5.41) is 4.64. The highest BCUT2D eigenvalue weighted by Gasteiger charge is 2.26. The average Bonchev–Trinajstić information content (AvgIpc) is 3.17. The van der Waals surface area contributed by atoms with Crippen LogP contribution in [0.25, 0.3) is 0 Å². The second-order valence-electron chi connectivity index (χ2n) is 6.14. The largest absolute Gasteiger partial charge is 0.340 e. The van der Waals surface area contributed by atoms with Crippen LogP contribution < -0.4 is 5.32 Å². The fourth-order valence-electron chi connectivity index (χ4n) is 2.89. The third kappa shape index (κ3) is 4.64. The lowest BCUT2D eigenvalue weighted by Gasteiger charge is -2.36. The van der Waals surface area contributed by atoms with Gasteiger partial charge >= 0.3 is 0 Å². The van der Waals surface area contributed by atoms with Crippen LogP contribution in [-0.4, -0.2) is 58.8 Å². The van der Waals surface area contributed by atoms with Crippen molar-refractivity contribution >= 4 is 23.2 Å². The van der Waals surface area contributed by atoms with E-state index in [4.69, 9.17) is 0 Å². The molecule has 2 aromatic rings. The van der Waals surface area contributed by atoms with Crippen molar-refractivity contribution < 1.29 is 9.59 Å². The van der Waals surface area contributed by atoms with Crippen molar-refractivity contribution in [2.45, 2.75) is 19.5 Å². The van der Waals surface area contributed by atoms with Gasteiger partial charge in [-0.15, -0.1) is 11.3 Å². The van der Waals surface area contributed by atoms with Crippen molar-refractivity contribution in [3.05, 3.63) is 52.5 Å². The Labute approximate surface area is 151 Å². The SMILES string of the molecule is CC(NC(=O)c1cccs1)C(=O)N1CCN(Cc2cccnc2)CC1. The molecule has 2 aromatic heterocycles. The maximum atomic E-state index is 12.6. The number of piperazine rings is 1. The predicted molar refractivity (Wildman–Crippen MR) is 97.3 cm³/mol. The highest BCUT2D eigenvalue weighted by Crippen LogP contribution is 2.11. The Morgan fingerprint density at radius 3 is 2.68 bits per heavy atom. The van der Waals surface area contributed by atoms with Gasteiger partial charge in [0.1, 0.15) is 6.04 Å². The van der Waals surface area contributed by atoms with Crippen molar-refractivity contribution in [2.24, 2.45) is 0 Å². The number of rotatable bonds is 5. The van der Waals surface area contributed by atoms with E-state index in [9.17, 15) is 9.59 Å². The van der Waals surface area contributed by atoms with Crippen molar-refractivity contribution in [1.82, 2.24) is 20.1 Å². The zero-order valence-corrected chi connectivity index (χ0v) is 15.0. The molecule has 2 amide bonds. The summed E-state index contributed by atoms with van der Waals surface area (Å²) in [7, 11) is 0. The van der Waals surface area contributed by atoms with Crippen LogP contribution in [0.3, 0.4) is 0 Å². The number of aromatic nitrogens is 1. The first-order chi connectivity index (χ1) is 12.1. The van der Waals surface area contributed by atoms with Gasteiger partial charge in [-0.25, -0.2) is 0 Å². The van der Waals surface area contributed by atoms with E-state index in [0.29, 0.717) is 18.0 Å². The van der Waals surface area contributed by atoms with Gasteiger partial charge in [-0.05, 0) is 30.0 Å². The van der Waals surface area contributed by atoms with Crippen LogP contribution in [0.15, 0.2) is 42.0 Å². The molecule has 6 nitrogen and oxygen atoms in total. The molecular weight excluding hydrogens is 336 g/mol. The lowest BCUT2D eigenvalue weighted by atomic mass is 10.2. The summed E-state index contributed by atoms with van der Waals surface area (Å²) in [5.74, 6) is -0.211. The molecule has 0 bridgehead atoms. The number of amides is 2. The van der Waals surface area contributed by atoms with Gasteiger partial charge in [-0.3, -0.25) is 19.5 Å². The minimum absolute atomic E-state index is 0.0223. The Bertz CT molecular complexity index is 697. The number of nitrogens with one attached hydrogen (secondary N) is 1. The second-order valence-corrected chi connectivity index (χ2v) is 7.08. The number of hydrogen-bond acceptors (Lipinski definition) is 5. The fraction of sp³-hybridized carbons (Fsp3) is 0.389. The summed E-state index contributed by atoms with van der Waals surface area (Å²) >= 11 is 1.37. The van der Waals surface area contributed by atoms with Gasteiger partial charge in [0.15, 0.2) is 0 Å². The third-order valence-corrected chi connectivity index (χ3v) is 5.14. The summed E-state index contributed by atoms with van der Waals surface area (Å²) in [6.07, 6.45) is 3.64. The number of carbonyl (C=O) groups excluding carboxylic acids is 2. The molecule has 25 heavy (non-hydrogen) atoms. The minimum Gasteiger partial charge on any atom is -0.340 e. The maximum Gasteiger partial charge on any atom is 0.261 e.